The summed E-state index contributed by atoms with van der Waals surface area (Å²) in [6, 6.07) is 0. The summed E-state index contributed by atoms with van der Waals surface area (Å²) in [6.45, 7) is 17.1. The van der Waals surface area contributed by atoms with E-state index in [2.05, 4.69) is 46.4 Å². The molecule has 1 saturated heterocycles. The highest BCUT2D eigenvalue weighted by Crippen LogP contribution is 2.24. The molecule has 1 rings (SSSR count). The van der Waals surface area contributed by atoms with Gasteiger partial charge in [0.25, 0.3) is 0 Å². The van der Waals surface area contributed by atoms with Crippen LogP contribution in [-0.4, -0.2) is 36.2 Å². The van der Waals surface area contributed by atoms with Crippen molar-refractivity contribution in [3.63, 3.8) is 0 Å². The Morgan fingerprint density at radius 3 is 2.44 bits per heavy atom. The molecular formula is C14H29NO. The van der Waals surface area contributed by atoms with Crippen LogP contribution in [0.3, 0.4) is 0 Å². The molecule has 0 saturated carbocycles. The Balaban J connectivity index is 2.55. The zero-order valence-corrected chi connectivity index (χ0v) is 12.0. The maximum atomic E-state index is 6.03. The molecule has 1 aliphatic rings. The van der Waals surface area contributed by atoms with Crippen molar-refractivity contribution < 1.29 is 4.74 Å². The van der Waals surface area contributed by atoms with Crippen LogP contribution in [0.15, 0.2) is 0 Å². The van der Waals surface area contributed by atoms with E-state index in [9.17, 15) is 0 Å². The van der Waals surface area contributed by atoms with Gasteiger partial charge >= 0.3 is 0 Å². The van der Waals surface area contributed by atoms with Crippen molar-refractivity contribution in [2.45, 2.75) is 66.1 Å². The van der Waals surface area contributed by atoms with E-state index in [1.165, 1.54) is 13.1 Å². The van der Waals surface area contributed by atoms with Gasteiger partial charge in [0.1, 0.15) is 0 Å². The van der Waals surface area contributed by atoms with Gasteiger partial charge in [-0.15, -0.1) is 0 Å². The molecule has 2 nitrogen and oxygen atoms in total. The lowest BCUT2D eigenvalue weighted by atomic mass is 9.94. The van der Waals surface area contributed by atoms with Crippen LogP contribution in [0.5, 0.6) is 0 Å². The fourth-order valence-electron chi connectivity index (χ4n) is 2.39. The van der Waals surface area contributed by atoms with Crippen LogP contribution >= 0.6 is 0 Å². The van der Waals surface area contributed by atoms with E-state index >= 15 is 0 Å². The Morgan fingerprint density at radius 1 is 1.25 bits per heavy atom. The Hall–Kier alpha value is -0.0800. The standard InChI is InChI=1S/C14H29NO/c1-12-7-9-15(11-13(2,3)4)10-8-14(5,6)16-12/h12H,7-11H2,1-6H3. The van der Waals surface area contributed by atoms with Gasteiger partial charge in [-0.1, -0.05) is 20.8 Å². The molecule has 0 radical (unpaired) electrons. The van der Waals surface area contributed by atoms with Crippen LogP contribution < -0.4 is 0 Å². The van der Waals surface area contributed by atoms with E-state index in [4.69, 9.17) is 4.74 Å². The Morgan fingerprint density at radius 2 is 1.88 bits per heavy atom. The summed E-state index contributed by atoms with van der Waals surface area (Å²) in [4.78, 5) is 2.60. The summed E-state index contributed by atoms with van der Waals surface area (Å²) >= 11 is 0. The van der Waals surface area contributed by atoms with Gasteiger partial charge in [0, 0.05) is 19.6 Å². The molecule has 2 heteroatoms. The Kier molecular flexibility index (Phi) is 4.42. The fraction of sp³-hybridized carbons (Fsp3) is 1.00. The molecule has 0 bridgehead atoms. The molecule has 1 unspecified atom stereocenters. The highest BCUT2D eigenvalue weighted by molar-refractivity contribution is 4.78. The second-order valence-electron chi connectivity index (χ2n) is 7.06. The zero-order chi connectivity index (χ0) is 12.4. The number of hydrogen-bond donors (Lipinski definition) is 0. The second kappa shape index (κ2) is 5.05. The number of ether oxygens (including phenoxy) is 1. The largest absolute Gasteiger partial charge is 0.373 e. The lowest BCUT2D eigenvalue weighted by Crippen LogP contribution is -2.42. The van der Waals surface area contributed by atoms with Gasteiger partial charge in [0.15, 0.2) is 0 Å². The minimum absolute atomic E-state index is 0.0377. The molecule has 0 aromatic heterocycles. The smallest absolute Gasteiger partial charge is 0.0642 e. The first kappa shape index (κ1) is 14.0. The van der Waals surface area contributed by atoms with Gasteiger partial charge < -0.3 is 9.64 Å². The van der Waals surface area contributed by atoms with Crippen LogP contribution in [0, 0.1) is 5.41 Å². The second-order valence-corrected chi connectivity index (χ2v) is 7.06. The molecular weight excluding hydrogens is 198 g/mol. The predicted molar refractivity (Wildman–Crippen MR) is 69.8 cm³/mol. The molecule has 16 heavy (non-hydrogen) atoms. The van der Waals surface area contributed by atoms with Crippen molar-refractivity contribution in [3.8, 4) is 0 Å². The molecule has 0 spiro atoms. The normalized spacial score (nSPS) is 28.5. The van der Waals surface area contributed by atoms with Crippen molar-refractivity contribution in [2.75, 3.05) is 19.6 Å². The average Bonchev–Trinajstić information content (AvgIpc) is 2.05. The summed E-state index contributed by atoms with van der Waals surface area (Å²) in [6.07, 6.45) is 2.67. The van der Waals surface area contributed by atoms with Crippen molar-refractivity contribution in [2.24, 2.45) is 5.41 Å². The first-order chi connectivity index (χ1) is 7.18. The van der Waals surface area contributed by atoms with Gasteiger partial charge in [0.05, 0.1) is 11.7 Å². The summed E-state index contributed by atoms with van der Waals surface area (Å²) < 4.78 is 6.03. The van der Waals surface area contributed by atoms with Crippen LogP contribution in [-0.2, 0) is 4.74 Å². The van der Waals surface area contributed by atoms with E-state index < -0.39 is 0 Å². The number of hydrogen-bond acceptors (Lipinski definition) is 2. The number of rotatable bonds is 1. The molecule has 0 aliphatic carbocycles. The van der Waals surface area contributed by atoms with Gasteiger partial charge in [-0.05, 0) is 39.0 Å². The van der Waals surface area contributed by atoms with E-state index in [1.54, 1.807) is 0 Å². The van der Waals surface area contributed by atoms with Crippen LogP contribution in [0.4, 0.5) is 0 Å². The van der Waals surface area contributed by atoms with Crippen LogP contribution in [0.1, 0.15) is 54.4 Å². The molecule has 1 atom stereocenters. The third-order valence-corrected chi connectivity index (χ3v) is 3.10. The highest BCUT2D eigenvalue weighted by atomic mass is 16.5. The Bertz CT molecular complexity index is 217. The molecule has 1 fully saturated rings. The molecule has 96 valence electrons. The van der Waals surface area contributed by atoms with Crippen molar-refractivity contribution in [1.29, 1.82) is 0 Å². The van der Waals surface area contributed by atoms with E-state index in [0.29, 0.717) is 11.5 Å². The minimum Gasteiger partial charge on any atom is -0.373 e. The minimum atomic E-state index is 0.0377. The molecule has 0 aromatic rings. The highest BCUT2D eigenvalue weighted by Gasteiger charge is 2.27. The molecule has 1 aliphatic heterocycles. The molecule has 1 heterocycles. The Labute approximate surface area is 101 Å². The van der Waals surface area contributed by atoms with Gasteiger partial charge in [-0.3, -0.25) is 0 Å². The number of nitrogens with zero attached hydrogens (tertiary/aromatic N) is 1. The summed E-state index contributed by atoms with van der Waals surface area (Å²) in [5.74, 6) is 0. The van der Waals surface area contributed by atoms with Gasteiger partial charge in [-0.25, -0.2) is 0 Å². The third kappa shape index (κ3) is 5.31. The summed E-state index contributed by atoms with van der Waals surface area (Å²) in [7, 11) is 0. The first-order valence-electron chi connectivity index (χ1n) is 6.58. The zero-order valence-electron chi connectivity index (χ0n) is 12.0. The monoisotopic (exact) mass is 227 g/mol. The summed E-state index contributed by atoms with van der Waals surface area (Å²) in [5, 5.41) is 0. The predicted octanol–water partition coefficient (Wildman–Crippen LogP) is 3.31. The van der Waals surface area contributed by atoms with E-state index in [-0.39, 0.29) is 5.60 Å². The van der Waals surface area contributed by atoms with Crippen molar-refractivity contribution in [3.05, 3.63) is 0 Å². The van der Waals surface area contributed by atoms with Gasteiger partial charge in [-0.2, -0.15) is 0 Å². The lowest BCUT2D eigenvalue weighted by molar-refractivity contribution is -0.0897. The summed E-state index contributed by atoms with van der Waals surface area (Å²) in [5.41, 5.74) is 0.434. The van der Waals surface area contributed by atoms with Crippen LogP contribution in [0.25, 0.3) is 0 Å². The van der Waals surface area contributed by atoms with Crippen LogP contribution in [0.2, 0.25) is 0 Å². The maximum absolute atomic E-state index is 6.03. The third-order valence-electron chi connectivity index (χ3n) is 3.10. The van der Waals surface area contributed by atoms with E-state index in [1.807, 2.05) is 0 Å². The first-order valence-corrected chi connectivity index (χ1v) is 6.58. The topological polar surface area (TPSA) is 12.5 Å². The average molecular weight is 227 g/mol. The molecule has 0 N–H and O–H groups in total. The lowest BCUT2D eigenvalue weighted by Gasteiger charge is -2.38. The fourth-order valence-corrected chi connectivity index (χ4v) is 2.39. The van der Waals surface area contributed by atoms with Crippen molar-refractivity contribution >= 4 is 0 Å². The van der Waals surface area contributed by atoms with Crippen molar-refractivity contribution in [1.82, 2.24) is 4.90 Å². The quantitative estimate of drug-likeness (QED) is 0.681. The molecule has 0 aromatic carbocycles. The molecule has 0 amide bonds. The van der Waals surface area contributed by atoms with Gasteiger partial charge in [0.2, 0.25) is 0 Å². The van der Waals surface area contributed by atoms with E-state index in [0.717, 1.165) is 19.4 Å². The maximum Gasteiger partial charge on any atom is 0.0642 e. The SMILES string of the molecule is CC1CCN(CC(C)(C)C)CCC(C)(C)O1.